The SMILES string of the molecule is COc1cccc2c(NCC(O)C(F)F)nccc12. The van der Waals surface area contributed by atoms with Crippen LogP contribution in [0.15, 0.2) is 30.5 Å². The third-order valence-corrected chi connectivity index (χ3v) is 2.76. The molecule has 0 amide bonds. The van der Waals surface area contributed by atoms with Gasteiger partial charge in [0, 0.05) is 23.5 Å². The van der Waals surface area contributed by atoms with Crippen LogP contribution in [0, 0.1) is 0 Å². The fourth-order valence-electron chi connectivity index (χ4n) is 1.79. The average molecular weight is 268 g/mol. The summed E-state index contributed by atoms with van der Waals surface area (Å²) in [6, 6.07) is 7.18. The molecule has 2 N–H and O–H groups in total. The number of halogens is 2. The zero-order valence-corrected chi connectivity index (χ0v) is 10.3. The first-order valence-corrected chi connectivity index (χ1v) is 5.75. The van der Waals surface area contributed by atoms with Crippen molar-refractivity contribution in [3.8, 4) is 5.75 Å². The summed E-state index contributed by atoms with van der Waals surface area (Å²) in [5.74, 6) is 1.12. The Morgan fingerprint density at radius 2 is 2.11 bits per heavy atom. The van der Waals surface area contributed by atoms with Crippen LogP contribution in [0.3, 0.4) is 0 Å². The van der Waals surface area contributed by atoms with Gasteiger partial charge < -0.3 is 15.2 Å². The van der Waals surface area contributed by atoms with E-state index in [4.69, 9.17) is 9.84 Å². The number of hydrogen-bond acceptors (Lipinski definition) is 4. The fourth-order valence-corrected chi connectivity index (χ4v) is 1.79. The standard InChI is InChI=1S/C13H14F2N2O2/c1-19-11-4-2-3-9-8(11)5-6-16-13(9)17-7-10(18)12(14)15/h2-6,10,12,18H,7H2,1H3,(H,16,17). The van der Waals surface area contributed by atoms with Gasteiger partial charge in [-0.1, -0.05) is 12.1 Å². The molecule has 0 aliphatic rings. The lowest BCUT2D eigenvalue weighted by atomic mass is 10.1. The summed E-state index contributed by atoms with van der Waals surface area (Å²) >= 11 is 0. The molecule has 0 spiro atoms. The van der Waals surface area contributed by atoms with Crippen LogP contribution in [-0.2, 0) is 0 Å². The molecule has 0 aliphatic heterocycles. The number of alkyl halides is 2. The number of rotatable bonds is 5. The van der Waals surface area contributed by atoms with Gasteiger partial charge in [0.15, 0.2) is 0 Å². The Labute approximate surface area is 109 Å². The Hall–Kier alpha value is -1.95. The molecule has 0 fully saturated rings. The van der Waals surface area contributed by atoms with Crippen molar-refractivity contribution in [1.82, 2.24) is 4.98 Å². The number of ether oxygens (including phenoxy) is 1. The number of aliphatic hydroxyl groups excluding tert-OH is 1. The number of fused-ring (bicyclic) bond motifs is 1. The van der Waals surface area contributed by atoms with Crippen molar-refractivity contribution in [2.45, 2.75) is 12.5 Å². The molecule has 1 aromatic carbocycles. The maximum atomic E-state index is 12.2. The smallest absolute Gasteiger partial charge is 0.265 e. The third kappa shape index (κ3) is 2.90. The van der Waals surface area contributed by atoms with Gasteiger partial charge in [0.25, 0.3) is 6.43 Å². The molecule has 0 saturated heterocycles. The van der Waals surface area contributed by atoms with Crippen molar-refractivity contribution in [2.24, 2.45) is 0 Å². The van der Waals surface area contributed by atoms with E-state index in [2.05, 4.69) is 10.3 Å². The Kier molecular flexibility index (Phi) is 4.11. The zero-order chi connectivity index (χ0) is 13.8. The van der Waals surface area contributed by atoms with E-state index in [0.29, 0.717) is 11.6 Å². The molecule has 19 heavy (non-hydrogen) atoms. The van der Waals surface area contributed by atoms with E-state index in [1.54, 1.807) is 31.5 Å². The van der Waals surface area contributed by atoms with E-state index in [1.807, 2.05) is 6.07 Å². The van der Waals surface area contributed by atoms with E-state index in [-0.39, 0.29) is 6.54 Å². The summed E-state index contributed by atoms with van der Waals surface area (Å²) in [6.07, 6.45) is -2.94. The Morgan fingerprint density at radius 1 is 1.32 bits per heavy atom. The number of anilines is 1. The van der Waals surface area contributed by atoms with Crippen LogP contribution in [0.1, 0.15) is 0 Å². The van der Waals surface area contributed by atoms with Gasteiger partial charge in [0.05, 0.1) is 7.11 Å². The second-order valence-corrected chi connectivity index (χ2v) is 4.00. The molecule has 6 heteroatoms. The molecule has 0 aliphatic carbocycles. The summed E-state index contributed by atoms with van der Waals surface area (Å²) < 4.78 is 29.7. The number of nitrogens with zero attached hydrogens (tertiary/aromatic N) is 1. The quantitative estimate of drug-likeness (QED) is 0.873. The van der Waals surface area contributed by atoms with Gasteiger partial charge in [-0.2, -0.15) is 0 Å². The normalized spacial score (nSPS) is 12.7. The lowest BCUT2D eigenvalue weighted by molar-refractivity contribution is 0.00382. The van der Waals surface area contributed by atoms with Gasteiger partial charge in [-0.3, -0.25) is 0 Å². The summed E-state index contributed by atoms with van der Waals surface area (Å²) in [6.45, 7) is -0.263. The van der Waals surface area contributed by atoms with E-state index in [1.165, 1.54) is 0 Å². The summed E-state index contributed by atoms with van der Waals surface area (Å²) in [4.78, 5) is 4.09. The predicted octanol–water partition coefficient (Wildman–Crippen LogP) is 2.28. The zero-order valence-electron chi connectivity index (χ0n) is 10.3. The molecule has 102 valence electrons. The van der Waals surface area contributed by atoms with Crippen molar-refractivity contribution in [1.29, 1.82) is 0 Å². The minimum Gasteiger partial charge on any atom is -0.496 e. The number of benzene rings is 1. The molecule has 4 nitrogen and oxygen atoms in total. The largest absolute Gasteiger partial charge is 0.496 e. The number of nitrogens with one attached hydrogen (secondary N) is 1. The van der Waals surface area contributed by atoms with Crippen LogP contribution < -0.4 is 10.1 Å². The van der Waals surface area contributed by atoms with Crippen LogP contribution in [0.4, 0.5) is 14.6 Å². The van der Waals surface area contributed by atoms with Crippen LogP contribution in [0.5, 0.6) is 5.75 Å². The molecule has 1 atom stereocenters. The Balaban J connectivity index is 2.29. The molecule has 2 rings (SSSR count). The van der Waals surface area contributed by atoms with Crippen molar-refractivity contribution < 1.29 is 18.6 Å². The number of pyridine rings is 1. The number of methoxy groups -OCH3 is 1. The van der Waals surface area contributed by atoms with Crippen LogP contribution in [-0.4, -0.2) is 36.3 Å². The van der Waals surface area contributed by atoms with E-state index >= 15 is 0 Å². The minimum atomic E-state index is -2.78. The van der Waals surface area contributed by atoms with Gasteiger partial charge in [-0.05, 0) is 12.1 Å². The Bertz CT molecular complexity index is 563. The molecule has 1 unspecified atom stereocenters. The maximum Gasteiger partial charge on any atom is 0.265 e. The highest BCUT2D eigenvalue weighted by atomic mass is 19.3. The topological polar surface area (TPSA) is 54.4 Å². The Morgan fingerprint density at radius 3 is 2.79 bits per heavy atom. The van der Waals surface area contributed by atoms with Crippen LogP contribution in [0.2, 0.25) is 0 Å². The van der Waals surface area contributed by atoms with Gasteiger partial charge in [-0.15, -0.1) is 0 Å². The summed E-state index contributed by atoms with van der Waals surface area (Å²) in [5.41, 5.74) is 0. The van der Waals surface area contributed by atoms with Gasteiger partial charge in [-0.25, -0.2) is 13.8 Å². The van der Waals surface area contributed by atoms with E-state index in [0.717, 1.165) is 10.8 Å². The fraction of sp³-hybridized carbons (Fsp3) is 0.308. The second-order valence-electron chi connectivity index (χ2n) is 4.00. The molecule has 0 saturated carbocycles. The average Bonchev–Trinajstić information content (AvgIpc) is 2.43. The molecular formula is C13H14F2N2O2. The number of aromatic nitrogens is 1. The van der Waals surface area contributed by atoms with Gasteiger partial charge in [0.2, 0.25) is 0 Å². The lowest BCUT2D eigenvalue weighted by Crippen LogP contribution is -2.27. The molecule has 0 radical (unpaired) electrons. The predicted molar refractivity (Wildman–Crippen MR) is 68.8 cm³/mol. The first-order chi connectivity index (χ1) is 9.13. The minimum absolute atomic E-state index is 0.263. The lowest BCUT2D eigenvalue weighted by Gasteiger charge is -2.13. The van der Waals surface area contributed by atoms with E-state index < -0.39 is 12.5 Å². The molecular weight excluding hydrogens is 254 g/mol. The first-order valence-electron chi connectivity index (χ1n) is 5.75. The molecule has 2 aromatic rings. The highest BCUT2D eigenvalue weighted by molar-refractivity contribution is 5.95. The van der Waals surface area contributed by atoms with Crippen molar-refractivity contribution >= 4 is 16.6 Å². The van der Waals surface area contributed by atoms with Crippen LogP contribution >= 0.6 is 0 Å². The van der Waals surface area contributed by atoms with Crippen molar-refractivity contribution in [3.05, 3.63) is 30.5 Å². The highest BCUT2D eigenvalue weighted by Crippen LogP contribution is 2.28. The summed E-state index contributed by atoms with van der Waals surface area (Å²) in [5, 5.41) is 13.4. The summed E-state index contributed by atoms with van der Waals surface area (Å²) in [7, 11) is 1.56. The molecule has 1 heterocycles. The van der Waals surface area contributed by atoms with Gasteiger partial charge >= 0.3 is 0 Å². The number of hydrogen-bond donors (Lipinski definition) is 2. The molecule has 0 bridgehead atoms. The van der Waals surface area contributed by atoms with Gasteiger partial charge in [0.1, 0.15) is 17.7 Å². The van der Waals surface area contributed by atoms with E-state index in [9.17, 15) is 8.78 Å². The van der Waals surface area contributed by atoms with Crippen molar-refractivity contribution in [3.63, 3.8) is 0 Å². The third-order valence-electron chi connectivity index (χ3n) is 2.76. The maximum absolute atomic E-state index is 12.2. The number of aliphatic hydroxyl groups is 1. The monoisotopic (exact) mass is 268 g/mol. The van der Waals surface area contributed by atoms with Crippen LogP contribution in [0.25, 0.3) is 10.8 Å². The highest BCUT2D eigenvalue weighted by Gasteiger charge is 2.17. The first kappa shape index (κ1) is 13.5. The second kappa shape index (κ2) is 5.79. The molecule has 1 aromatic heterocycles. The van der Waals surface area contributed by atoms with Crippen molar-refractivity contribution in [2.75, 3.05) is 19.0 Å².